The van der Waals surface area contributed by atoms with Crippen LogP contribution < -0.4 is 15.4 Å². The highest BCUT2D eigenvalue weighted by atomic mass is 79.9. The lowest BCUT2D eigenvalue weighted by molar-refractivity contribution is -0.117. The van der Waals surface area contributed by atoms with Gasteiger partial charge in [0.25, 0.3) is 0 Å². The van der Waals surface area contributed by atoms with E-state index in [-0.39, 0.29) is 11.9 Å². The van der Waals surface area contributed by atoms with Gasteiger partial charge in [0.15, 0.2) is 0 Å². The Morgan fingerprint density at radius 2 is 2.19 bits per heavy atom. The van der Waals surface area contributed by atoms with Crippen LogP contribution in [-0.4, -0.2) is 44.6 Å². The van der Waals surface area contributed by atoms with Crippen LogP contribution in [-0.2, 0) is 4.79 Å². The van der Waals surface area contributed by atoms with Gasteiger partial charge in [-0.1, -0.05) is 6.92 Å². The van der Waals surface area contributed by atoms with Crippen molar-refractivity contribution in [2.24, 2.45) is 0 Å². The SMILES string of the molecule is CCNC1C(=O)Nc2cc(OCCCN(C)C)c(Br)cc21. The largest absolute Gasteiger partial charge is 0.492 e. The first kappa shape index (κ1) is 16.3. The Bertz CT molecular complexity index is 520. The van der Waals surface area contributed by atoms with E-state index in [2.05, 4.69) is 31.5 Å². The number of nitrogens with one attached hydrogen (secondary N) is 2. The van der Waals surface area contributed by atoms with Crippen molar-refractivity contribution in [1.29, 1.82) is 0 Å². The molecule has 0 radical (unpaired) electrons. The third kappa shape index (κ3) is 3.96. The molecule has 1 unspecified atom stereocenters. The van der Waals surface area contributed by atoms with E-state index in [9.17, 15) is 4.79 Å². The Hall–Kier alpha value is -1.11. The van der Waals surface area contributed by atoms with Crippen molar-refractivity contribution < 1.29 is 9.53 Å². The van der Waals surface area contributed by atoms with Crippen molar-refractivity contribution in [3.63, 3.8) is 0 Å². The van der Waals surface area contributed by atoms with Crippen molar-refractivity contribution in [2.75, 3.05) is 39.1 Å². The summed E-state index contributed by atoms with van der Waals surface area (Å²) in [6, 6.07) is 3.58. The van der Waals surface area contributed by atoms with E-state index in [4.69, 9.17) is 4.74 Å². The van der Waals surface area contributed by atoms with Gasteiger partial charge in [-0.3, -0.25) is 4.79 Å². The van der Waals surface area contributed by atoms with Crippen LogP contribution in [0.5, 0.6) is 5.75 Å². The molecule has 1 aliphatic rings. The molecule has 0 aromatic heterocycles. The number of nitrogens with zero attached hydrogens (tertiary/aromatic N) is 1. The van der Waals surface area contributed by atoms with Crippen LogP contribution >= 0.6 is 15.9 Å². The number of hydrogen-bond acceptors (Lipinski definition) is 4. The van der Waals surface area contributed by atoms with Gasteiger partial charge in [-0.05, 0) is 49.1 Å². The van der Waals surface area contributed by atoms with Crippen molar-refractivity contribution in [1.82, 2.24) is 10.2 Å². The predicted octanol–water partition coefficient (Wildman–Crippen LogP) is 2.38. The number of hydrogen-bond donors (Lipinski definition) is 2. The molecule has 6 heteroatoms. The Balaban J connectivity index is 2.06. The van der Waals surface area contributed by atoms with Crippen LogP contribution in [0.2, 0.25) is 0 Å². The van der Waals surface area contributed by atoms with Gasteiger partial charge in [0.05, 0.1) is 11.1 Å². The van der Waals surface area contributed by atoms with Gasteiger partial charge in [-0.2, -0.15) is 0 Å². The van der Waals surface area contributed by atoms with Gasteiger partial charge in [0.1, 0.15) is 11.8 Å². The van der Waals surface area contributed by atoms with Gasteiger partial charge in [0, 0.05) is 23.9 Å². The van der Waals surface area contributed by atoms with Crippen LogP contribution in [0, 0.1) is 0 Å². The average Bonchev–Trinajstić information content (AvgIpc) is 2.71. The molecule has 1 aliphatic heterocycles. The maximum absolute atomic E-state index is 11.9. The van der Waals surface area contributed by atoms with E-state index in [0.29, 0.717) is 6.61 Å². The lowest BCUT2D eigenvalue weighted by Gasteiger charge is -2.13. The van der Waals surface area contributed by atoms with E-state index in [1.54, 1.807) is 0 Å². The highest BCUT2D eigenvalue weighted by Gasteiger charge is 2.30. The molecule has 0 bridgehead atoms. The number of carbonyl (C=O) groups is 1. The molecule has 1 aromatic rings. The van der Waals surface area contributed by atoms with Gasteiger partial charge in [-0.25, -0.2) is 0 Å². The molecule has 0 saturated heterocycles. The summed E-state index contributed by atoms with van der Waals surface area (Å²) < 4.78 is 6.68. The number of anilines is 1. The fourth-order valence-corrected chi connectivity index (χ4v) is 2.82. The molecule has 0 aliphatic carbocycles. The summed E-state index contributed by atoms with van der Waals surface area (Å²) in [5.74, 6) is 0.758. The van der Waals surface area contributed by atoms with Gasteiger partial charge >= 0.3 is 0 Å². The molecule has 1 atom stereocenters. The van der Waals surface area contributed by atoms with Crippen molar-refractivity contribution in [3.05, 3.63) is 22.2 Å². The molecule has 116 valence electrons. The zero-order valence-corrected chi connectivity index (χ0v) is 14.3. The lowest BCUT2D eigenvalue weighted by Crippen LogP contribution is -2.27. The number of amides is 1. The summed E-state index contributed by atoms with van der Waals surface area (Å²) in [6.45, 7) is 4.38. The average molecular weight is 356 g/mol. The number of halogens is 1. The van der Waals surface area contributed by atoms with Crippen molar-refractivity contribution >= 4 is 27.5 Å². The molecule has 2 rings (SSSR count). The monoisotopic (exact) mass is 355 g/mol. The second-order valence-corrected chi connectivity index (χ2v) is 6.21. The summed E-state index contributed by atoms with van der Waals surface area (Å²) in [6.07, 6.45) is 0.961. The van der Waals surface area contributed by atoms with Gasteiger partial charge in [0.2, 0.25) is 5.91 Å². The third-order valence-corrected chi connectivity index (χ3v) is 3.97. The number of ether oxygens (including phenoxy) is 1. The molecule has 1 aromatic carbocycles. The topological polar surface area (TPSA) is 53.6 Å². The van der Waals surface area contributed by atoms with E-state index < -0.39 is 0 Å². The summed E-state index contributed by atoms with van der Waals surface area (Å²) in [5, 5.41) is 6.08. The minimum absolute atomic E-state index is 0.0106. The van der Waals surface area contributed by atoms with E-state index in [1.807, 2.05) is 33.2 Å². The minimum Gasteiger partial charge on any atom is -0.492 e. The summed E-state index contributed by atoms with van der Waals surface area (Å²) >= 11 is 3.53. The fraction of sp³-hybridized carbons (Fsp3) is 0.533. The molecule has 2 N–H and O–H groups in total. The lowest BCUT2D eigenvalue weighted by atomic mass is 10.1. The molecule has 0 spiro atoms. The Morgan fingerprint density at radius 3 is 2.86 bits per heavy atom. The molecule has 21 heavy (non-hydrogen) atoms. The Morgan fingerprint density at radius 1 is 1.43 bits per heavy atom. The smallest absolute Gasteiger partial charge is 0.246 e. The van der Waals surface area contributed by atoms with E-state index >= 15 is 0 Å². The molecule has 0 fully saturated rings. The highest BCUT2D eigenvalue weighted by Crippen LogP contribution is 2.38. The van der Waals surface area contributed by atoms with Crippen LogP contribution in [0.15, 0.2) is 16.6 Å². The zero-order chi connectivity index (χ0) is 15.4. The number of fused-ring (bicyclic) bond motifs is 1. The number of likely N-dealkylation sites (N-methyl/N-ethyl adjacent to an activating group) is 1. The quantitative estimate of drug-likeness (QED) is 0.737. The standard InChI is InChI=1S/C15H22BrN3O2/c1-4-17-14-10-8-11(16)13(9-12(10)18-15(14)20)21-7-5-6-19(2)3/h8-9,14,17H,4-7H2,1-3H3,(H,18,20). The van der Waals surface area contributed by atoms with Crippen LogP contribution in [0.25, 0.3) is 0 Å². The van der Waals surface area contributed by atoms with Gasteiger partial charge < -0.3 is 20.3 Å². The molecular formula is C15H22BrN3O2. The van der Waals surface area contributed by atoms with Crippen LogP contribution in [0.3, 0.4) is 0 Å². The van der Waals surface area contributed by atoms with Gasteiger partial charge in [-0.15, -0.1) is 0 Å². The van der Waals surface area contributed by atoms with Crippen molar-refractivity contribution in [3.8, 4) is 5.75 Å². The Kier molecular flexibility index (Phi) is 5.61. The second-order valence-electron chi connectivity index (χ2n) is 5.36. The summed E-state index contributed by atoms with van der Waals surface area (Å²) in [5.41, 5.74) is 1.80. The molecule has 0 saturated carbocycles. The second kappa shape index (κ2) is 7.24. The molecule has 5 nitrogen and oxygen atoms in total. The number of benzene rings is 1. The molecule has 1 heterocycles. The first-order chi connectivity index (χ1) is 10.0. The summed E-state index contributed by atoms with van der Waals surface area (Å²) in [4.78, 5) is 14.1. The van der Waals surface area contributed by atoms with E-state index in [0.717, 1.165) is 41.0 Å². The molecule has 1 amide bonds. The maximum atomic E-state index is 11.9. The maximum Gasteiger partial charge on any atom is 0.246 e. The summed E-state index contributed by atoms with van der Waals surface area (Å²) in [7, 11) is 4.09. The van der Waals surface area contributed by atoms with Crippen LogP contribution in [0.1, 0.15) is 24.9 Å². The first-order valence-corrected chi connectivity index (χ1v) is 7.97. The zero-order valence-electron chi connectivity index (χ0n) is 12.7. The Labute approximate surface area is 134 Å². The number of carbonyl (C=O) groups excluding carboxylic acids is 1. The highest BCUT2D eigenvalue weighted by molar-refractivity contribution is 9.10. The fourth-order valence-electron chi connectivity index (χ4n) is 2.34. The normalized spacial score (nSPS) is 17.0. The minimum atomic E-state index is -0.274. The third-order valence-electron chi connectivity index (χ3n) is 3.35. The van der Waals surface area contributed by atoms with Crippen molar-refractivity contribution in [2.45, 2.75) is 19.4 Å². The first-order valence-electron chi connectivity index (χ1n) is 7.18. The van der Waals surface area contributed by atoms with Crippen LogP contribution in [0.4, 0.5) is 5.69 Å². The number of rotatable bonds is 7. The molecular weight excluding hydrogens is 334 g/mol. The van der Waals surface area contributed by atoms with E-state index in [1.165, 1.54) is 0 Å². The predicted molar refractivity (Wildman–Crippen MR) is 87.9 cm³/mol.